The predicted molar refractivity (Wildman–Crippen MR) is 76.9 cm³/mol. The van der Waals surface area contributed by atoms with E-state index in [1.54, 1.807) is 12.4 Å². The van der Waals surface area contributed by atoms with Crippen LogP contribution in [0.2, 0.25) is 0 Å². The highest BCUT2D eigenvalue weighted by atomic mass is 16.5. The molecule has 3 rings (SSSR count). The molecule has 2 aromatic heterocycles. The number of nitrogens with two attached hydrogens (primary N) is 1. The molecule has 2 heterocycles. The summed E-state index contributed by atoms with van der Waals surface area (Å²) in [6.07, 6.45) is 4.85. The van der Waals surface area contributed by atoms with E-state index in [1.165, 1.54) is 17.5 Å². The Morgan fingerprint density at radius 3 is 2.45 bits per heavy atom. The van der Waals surface area contributed by atoms with E-state index >= 15 is 0 Å². The van der Waals surface area contributed by atoms with E-state index < -0.39 is 0 Å². The van der Waals surface area contributed by atoms with E-state index in [-0.39, 0.29) is 0 Å². The van der Waals surface area contributed by atoms with Crippen molar-refractivity contribution in [3.05, 3.63) is 48.0 Å². The Morgan fingerprint density at radius 1 is 1.00 bits per heavy atom. The van der Waals surface area contributed by atoms with Crippen LogP contribution in [0, 0.1) is 13.8 Å². The van der Waals surface area contributed by atoms with Crippen molar-refractivity contribution in [2.24, 2.45) is 0 Å². The number of aromatic nitrogens is 3. The molecule has 5 nitrogen and oxygen atoms in total. The molecule has 0 fully saturated rings. The molecule has 0 spiro atoms. The molecule has 0 atom stereocenters. The van der Waals surface area contributed by atoms with Gasteiger partial charge in [0.05, 0.1) is 5.56 Å². The second-order valence-corrected chi connectivity index (χ2v) is 4.70. The maximum atomic E-state index is 5.93. The number of aryl methyl sites for hydroxylation is 2. The van der Waals surface area contributed by atoms with Crippen molar-refractivity contribution in [3.8, 4) is 22.4 Å². The Balaban J connectivity index is 2.19. The molecule has 0 amide bonds. The van der Waals surface area contributed by atoms with Crippen molar-refractivity contribution in [3.63, 3.8) is 0 Å². The lowest BCUT2D eigenvalue weighted by Crippen LogP contribution is -1.90. The fourth-order valence-corrected chi connectivity index (χ4v) is 2.10. The highest BCUT2D eigenvalue weighted by molar-refractivity contribution is 5.86. The maximum absolute atomic E-state index is 5.93. The first-order chi connectivity index (χ1) is 9.66. The average Bonchev–Trinajstić information content (AvgIpc) is 2.85. The molecule has 0 saturated carbocycles. The molecule has 2 N–H and O–H groups in total. The molecule has 0 bridgehead atoms. The van der Waals surface area contributed by atoms with Gasteiger partial charge in [-0.3, -0.25) is 0 Å². The first kappa shape index (κ1) is 12.3. The fraction of sp³-hybridized carbons (Fsp3) is 0.133. The number of rotatable bonds is 2. The summed E-state index contributed by atoms with van der Waals surface area (Å²) < 4.78 is 5.15. The molecule has 0 aliphatic carbocycles. The molecule has 100 valence electrons. The fourth-order valence-electron chi connectivity index (χ4n) is 2.10. The Morgan fingerprint density at radius 2 is 1.75 bits per heavy atom. The second kappa shape index (κ2) is 4.77. The largest absolute Gasteiger partial charge is 0.367 e. The summed E-state index contributed by atoms with van der Waals surface area (Å²) in [6.45, 7) is 4.13. The van der Waals surface area contributed by atoms with Gasteiger partial charge in [0.25, 0.3) is 0 Å². The molecule has 3 aromatic rings. The van der Waals surface area contributed by atoms with Gasteiger partial charge in [0.1, 0.15) is 12.0 Å². The van der Waals surface area contributed by atoms with Gasteiger partial charge in [-0.05, 0) is 30.5 Å². The van der Waals surface area contributed by atoms with Crippen LogP contribution in [-0.4, -0.2) is 15.1 Å². The molecule has 0 saturated heterocycles. The van der Waals surface area contributed by atoms with Gasteiger partial charge >= 0.3 is 0 Å². The average molecular weight is 266 g/mol. The van der Waals surface area contributed by atoms with Gasteiger partial charge in [0.2, 0.25) is 5.88 Å². The third-order valence-corrected chi connectivity index (χ3v) is 3.35. The number of nitrogens with zero attached hydrogens (tertiary/aromatic N) is 3. The Labute approximate surface area is 116 Å². The van der Waals surface area contributed by atoms with Gasteiger partial charge in [0, 0.05) is 18.0 Å². The molecule has 1 aromatic carbocycles. The van der Waals surface area contributed by atoms with Crippen LogP contribution in [-0.2, 0) is 0 Å². The van der Waals surface area contributed by atoms with Crippen molar-refractivity contribution in [1.29, 1.82) is 0 Å². The molecule has 5 heteroatoms. The lowest BCUT2D eigenvalue weighted by molar-refractivity contribution is 0.439. The van der Waals surface area contributed by atoms with Crippen molar-refractivity contribution in [2.45, 2.75) is 13.8 Å². The maximum Gasteiger partial charge on any atom is 0.230 e. The van der Waals surface area contributed by atoms with Crippen LogP contribution < -0.4 is 5.73 Å². The zero-order valence-corrected chi connectivity index (χ0v) is 11.3. The number of nitrogen functional groups attached to an aromatic ring is 1. The summed E-state index contributed by atoms with van der Waals surface area (Å²) in [6, 6.07) is 6.15. The lowest BCUT2D eigenvalue weighted by atomic mass is 9.98. The Kier molecular flexibility index (Phi) is 2.95. The third kappa shape index (κ3) is 2.03. The van der Waals surface area contributed by atoms with Crippen molar-refractivity contribution in [1.82, 2.24) is 15.1 Å². The first-order valence-electron chi connectivity index (χ1n) is 6.25. The SMILES string of the molecule is Cc1ccc(-c2c(-c3cncnc3)noc2N)cc1C. The summed E-state index contributed by atoms with van der Waals surface area (Å²) in [5, 5.41) is 4.03. The van der Waals surface area contributed by atoms with Gasteiger partial charge < -0.3 is 10.3 Å². The minimum atomic E-state index is 0.298. The van der Waals surface area contributed by atoms with Gasteiger partial charge in [-0.2, -0.15) is 0 Å². The standard InChI is InChI=1S/C15H14N4O/c1-9-3-4-11(5-10(9)2)13-14(19-20-15(13)16)12-6-17-8-18-7-12/h3-8H,16H2,1-2H3. The van der Waals surface area contributed by atoms with Crippen LogP contribution in [0.4, 0.5) is 5.88 Å². The van der Waals surface area contributed by atoms with Crippen molar-refractivity contribution >= 4 is 5.88 Å². The van der Waals surface area contributed by atoms with Crippen LogP contribution in [0.1, 0.15) is 11.1 Å². The van der Waals surface area contributed by atoms with Crippen molar-refractivity contribution in [2.75, 3.05) is 5.73 Å². The van der Waals surface area contributed by atoms with Gasteiger partial charge in [-0.15, -0.1) is 0 Å². The number of hydrogen-bond acceptors (Lipinski definition) is 5. The second-order valence-electron chi connectivity index (χ2n) is 4.70. The molecule has 20 heavy (non-hydrogen) atoms. The van der Waals surface area contributed by atoms with E-state index in [2.05, 4.69) is 41.1 Å². The topological polar surface area (TPSA) is 77.8 Å². The quantitative estimate of drug-likeness (QED) is 0.771. The summed E-state index contributed by atoms with van der Waals surface area (Å²) in [5.41, 5.74) is 11.5. The third-order valence-electron chi connectivity index (χ3n) is 3.35. The van der Waals surface area contributed by atoms with Crippen LogP contribution >= 0.6 is 0 Å². The summed E-state index contributed by atoms with van der Waals surface area (Å²) in [5.74, 6) is 0.298. The highest BCUT2D eigenvalue weighted by Gasteiger charge is 2.18. The molecule has 0 aliphatic rings. The highest BCUT2D eigenvalue weighted by Crippen LogP contribution is 2.36. The number of anilines is 1. The van der Waals surface area contributed by atoms with Gasteiger partial charge in [-0.1, -0.05) is 23.4 Å². The minimum absolute atomic E-state index is 0.298. The molecule has 0 unspecified atom stereocenters. The molecule has 0 radical (unpaired) electrons. The molecule has 0 aliphatic heterocycles. The zero-order chi connectivity index (χ0) is 14.1. The van der Waals surface area contributed by atoms with Gasteiger partial charge in [0.15, 0.2) is 0 Å². The zero-order valence-electron chi connectivity index (χ0n) is 11.3. The predicted octanol–water partition coefficient (Wildman–Crippen LogP) is 3.00. The monoisotopic (exact) mass is 266 g/mol. The number of hydrogen-bond donors (Lipinski definition) is 1. The summed E-state index contributed by atoms with van der Waals surface area (Å²) in [7, 11) is 0. The molecular formula is C15H14N4O. The summed E-state index contributed by atoms with van der Waals surface area (Å²) in [4.78, 5) is 8.01. The van der Waals surface area contributed by atoms with Gasteiger partial charge in [-0.25, -0.2) is 9.97 Å². The normalized spacial score (nSPS) is 10.7. The van der Waals surface area contributed by atoms with E-state index in [9.17, 15) is 0 Å². The first-order valence-corrected chi connectivity index (χ1v) is 6.25. The molecular weight excluding hydrogens is 252 g/mol. The van der Waals surface area contributed by atoms with E-state index in [1.807, 2.05) is 6.07 Å². The van der Waals surface area contributed by atoms with E-state index in [0.717, 1.165) is 16.7 Å². The van der Waals surface area contributed by atoms with Crippen LogP contribution in [0.25, 0.3) is 22.4 Å². The Hall–Kier alpha value is -2.69. The van der Waals surface area contributed by atoms with Crippen LogP contribution in [0.5, 0.6) is 0 Å². The van der Waals surface area contributed by atoms with Crippen molar-refractivity contribution < 1.29 is 4.52 Å². The Bertz CT molecular complexity index is 750. The van der Waals surface area contributed by atoms with E-state index in [4.69, 9.17) is 10.3 Å². The summed E-state index contributed by atoms with van der Waals surface area (Å²) >= 11 is 0. The van der Waals surface area contributed by atoms with E-state index in [0.29, 0.717) is 11.6 Å². The smallest absolute Gasteiger partial charge is 0.230 e. The minimum Gasteiger partial charge on any atom is -0.367 e. The number of benzene rings is 1. The van der Waals surface area contributed by atoms with Crippen LogP contribution in [0.15, 0.2) is 41.4 Å². The van der Waals surface area contributed by atoms with Crippen LogP contribution in [0.3, 0.4) is 0 Å². The lowest BCUT2D eigenvalue weighted by Gasteiger charge is -2.05.